The van der Waals surface area contributed by atoms with Gasteiger partial charge in [-0.15, -0.1) is 0 Å². The minimum atomic E-state index is -0.0994. The molecular weight excluding hydrogens is 350 g/mol. The molecule has 1 heterocycles. The fourth-order valence-corrected chi connectivity index (χ4v) is 2.97. The monoisotopic (exact) mass is 377 g/mol. The van der Waals surface area contributed by atoms with Crippen molar-refractivity contribution in [2.24, 2.45) is 0 Å². The smallest absolute Gasteiger partial charge is 0.251 e. The summed E-state index contributed by atoms with van der Waals surface area (Å²) < 4.78 is 7.70. The number of benzene rings is 2. The largest absolute Gasteiger partial charge is 0.491 e. The molecule has 0 aliphatic heterocycles. The van der Waals surface area contributed by atoms with E-state index in [1.165, 1.54) is 5.56 Å². The van der Waals surface area contributed by atoms with Gasteiger partial charge >= 0.3 is 0 Å². The number of amides is 1. The van der Waals surface area contributed by atoms with Crippen LogP contribution in [-0.4, -0.2) is 28.3 Å². The first-order valence-corrected chi connectivity index (χ1v) is 9.51. The van der Waals surface area contributed by atoms with Crippen molar-refractivity contribution in [2.75, 3.05) is 6.61 Å². The number of hydrogen-bond acceptors (Lipinski definition) is 3. The van der Waals surface area contributed by atoms with Crippen LogP contribution in [0.5, 0.6) is 5.75 Å². The third kappa shape index (κ3) is 5.22. The van der Waals surface area contributed by atoms with Crippen molar-refractivity contribution in [1.82, 2.24) is 15.1 Å². The van der Waals surface area contributed by atoms with Crippen LogP contribution in [0, 0.1) is 20.8 Å². The van der Waals surface area contributed by atoms with Crippen LogP contribution in [0.3, 0.4) is 0 Å². The Morgan fingerprint density at radius 1 is 1.07 bits per heavy atom. The Labute approximate surface area is 166 Å². The predicted molar refractivity (Wildman–Crippen MR) is 111 cm³/mol. The van der Waals surface area contributed by atoms with Crippen LogP contribution in [-0.2, 0) is 6.54 Å². The van der Waals surface area contributed by atoms with Gasteiger partial charge in [-0.1, -0.05) is 29.8 Å². The van der Waals surface area contributed by atoms with Crippen LogP contribution in [0.4, 0.5) is 0 Å². The van der Waals surface area contributed by atoms with E-state index >= 15 is 0 Å². The third-order valence-corrected chi connectivity index (χ3v) is 4.55. The zero-order valence-corrected chi connectivity index (χ0v) is 16.9. The summed E-state index contributed by atoms with van der Waals surface area (Å²) in [7, 11) is 0. The van der Waals surface area contributed by atoms with Gasteiger partial charge in [0.2, 0.25) is 0 Å². The molecular formula is C23H27N3O2. The van der Waals surface area contributed by atoms with E-state index in [1.807, 2.05) is 80.9 Å². The molecule has 28 heavy (non-hydrogen) atoms. The Bertz CT molecular complexity index is 927. The average Bonchev–Trinajstić information content (AvgIpc) is 2.98. The molecule has 0 fully saturated rings. The minimum absolute atomic E-state index is 0.0943. The molecule has 2 aromatic carbocycles. The fraction of sp³-hybridized carbons (Fsp3) is 0.304. The lowest BCUT2D eigenvalue weighted by Crippen LogP contribution is -2.36. The van der Waals surface area contributed by atoms with Gasteiger partial charge in [0.25, 0.3) is 5.91 Å². The first-order chi connectivity index (χ1) is 13.4. The van der Waals surface area contributed by atoms with Crippen LogP contribution < -0.4 is 10.1 Å². The standard InChI is InChI=1S/C23H27N3O2/c1-16-5-11-22(12-6-16)28-15-18(3)24-23(27)21-9-7-20(8-10-21)14-26-19(4)13-17(2)25-26/h5-13,18H,14-15H2,1-4H3,(H,24,27)/t18-/m1/s1. The molecule has 0 aliphatic rings. The molecule has 0 saturated carbocycles. The first kappa shape index (κ1) is 19.7. The number of ether oxygens (including phenoxy) is 1. The number of aryl methyl sites for hydroxylation is 3. The molecule has 3 aromatic rings. The highest BCUT2D eigenvalue weighted by Crippen LogP contribution is 2.12. The van der Waals surface area contributed by atoms with Crippen molar-refractivity contribution < 1.29 is 9.53 Å². The number of carbonyl (C=O) groups is 1. The van der Waals surface area contributed by atoms with Crippen LogP contribution in [0.25, 0.3) is 0 Å². The van der Waals surface area contributed by atoms with E-state index in [9.17, 15) is 4.79 Å². The molecule has 0 saturated heterocycles. The summed E-state index contributed by atoms with van der Waals surface area (Å²) in [5, 5.41) is 7.45. The first-order valence-electron chi connectivity index (χ1n) is 9.51. The highest BCUT2D eigenvalue weighted by Gasteiger charge is 2.11. The van der Waals surface area contributed by atoms with E-state index < -0.39 is 0 Å². The van der Waals surface area contributed by atoms with Gasteiger partial charge in [0.15, 0.2) is 0 Å². The van der Waals surface area contributed by atoms with Gasteiger partial charge in [-0.05, 0) is 63.6 Å². The van der Waals surface area contributed by atoms with E-state index in [4.69, 9.17) is 4.74 Å². The highest BCUT2D eigenvalue weighted by atomic mass is 16.5. The third-order valence-electron chi connectivity index (χ3n) is 4.55. The van der Waals surface area contributed by atoms with Gasteiger partial charge in [-0.25, -0.2) is 0 Å². The second-order valence-electron chi connectivity index (χ2n) is 7.28. The number of rotatable bonds is 7. The lowest BCUT2D eigenvalue weighted by Gasteiger charge is -2.15. The molecule has 1 aromatic heterocycles. The van der Waals surface area contributed by atoms with Crippen molar-refractivity contribution >= 4 is 5.91 Å². The predicted octanol–water partition coefficient (Wildman–Crippen LogP) is 4.05. The molecule has 0 bridgehead atoms. The number of hydrogen-bond donors (Lipinski definition) is 1. The maximum atomic E-state index is 12.5. The Morgan fingerprint density at radius 3 is 2.36 bits per heavy atom. The van der Waals surface area contributed by atoms with Crippen molar-refractivity contribution in [3.63, 3.8) is 0 Å². The van der Waals surface area contributed by atoms with Gasteiger partial charge in [0.05, 0.1) is 18.3 Å². The summed E-state index contributed by atoms with van der Waals surface area (Å²) >= 11 is 0. The van der Waals surface area contributed by atoms with Crippen molar-refractivity contribution in [3.8, 4) is 5.75 Å². The van der Waals surface area contributed by atoms with Gasteiger partial charge in [-0.2, -0.15) is 5.10 Å². The number of carbonyl (C=O) groups excluding carboxylic acids is 1. The topological polar surface area (TPSA) is 56.1 Å². The van der Waals surface area contributed by atoms with Crippen LogP contribution >= 0.6 is 0 Å². The molecule has 1 amide bonds. The van der Waals surface area contributed by atoms with Crippen LogP contribution in [0.2, 0.25) is 0 Å². The summed E-state index contributed by atoms with van der Waals surface area (Å²) in [5.74, 6) is 0.706. The zero-order valence-electron chi connectivity index (χ0n) is 16.9. The molecule has 146 valence electrons. The quantitative estimate of drug-likeness (QED) is 0.676. The molecule has 0 spiro atoms. The summed E-state index contributed by atoms with van der Waals surface area (Å²) in [6.45, 7) is 9.12. The maximum absolute atomic E-state index is 12.5. The van der Waals surface area contributed by atoms with Crippen molar-refractivity contribution in [2.45, 2.75) is 40.3 Å². The Hall–Kier alpha value is -3.08. The molecule has 1 atom stereocenters. The summed E-state index contributed by atoms with van der Waals surface area (Å²) in [4.78, 5) is 12.5. The Morgan fingerprint density at radius 2 is 1.75 bits per heavy atom. The van der Waals surface area contributed by atoms with Crippen molar-refractivity contribution in [3.05, 3.63) is 82.7 Å². The normalized spacial score (nSPS) is 11.9. The highest BCUT2D eigenvalue weighted by molar-refractivity contribution is 5.94. The van der Waals surface area contributed by atoms with E-state index in [0.717, 1.165) is 22.7 Å². The second-order valence-corrected chi connectivity index (χ2v) is 7.28. The zero-order chi connectivity index (χ0) is 20.1. The van der Waals surface area contributed by atoms with E-state index in [0.29, 0.717) is 18.7 Å². The van der Waals surface area contributed by atoms with Gasteiger partial charge < -0.3 is 10.1 Å². The number of nitrogens with zero attached hydrogens (tertiary/aromatic N) is 2. The number of aromatic nitrogens is 2. The van der Waals surface area contributed by atoms with E-state index in [1.54, 1.807) is 0 Å². The maximum Gasteiger partial charge on any atom is 0.251 e. The molecule has 0 radical (unpaired) electrons. The molecule has 5 nitrogen and oxygen atoms in total. The molecule has 3 rings (SSSR count). The Balaban J connectivity index is 1.52. The molecule has 5 heteroatoms. The van der Waals surface area contributed by atoms with Crippen molar-refractivity contribution in [1.29, 1.82) is 0 Å². The average molecular weight is 377 g/mol. The summed E-state index contributed by atoms with van der Waals surface area (Å²) in [6, 6.07) is 17.5. The lowest BCUT2D eigenvalue weighted by molar-refractivity contribution is 0.0926. The fourth-order valence-electron chi connectivity index (χ4n) is 2.97. The summed E-state index contributed by atoms with van der Waals surface area (Å²) in [6.07, 6.45) is 0. The van der Waals surface area contributed by atoms with E-state index in [2.05, 4.69) is 16.5 Å². The van der Waals surface area contributed by atoms with Gasteiger partial charge in [-0.3, -0.25) is 9.48 Å². The van der Waals surface area contributed by atoms with E-state index in [-0.39, 0.29) is 11.9 Å². The van der Waals surface area contributed by atoms with Gasteiger partial charge in [0.1, 0.15) is 12.4 Å². The van der Waals surface area contributed by atoms with Gasteiger partial charge in [0, 0.05) is 11.3 Å². The Kier molecular flexibility index (Phi) is 6.14. The minimum Gasteiger partial charge on any atom is -0.491 e. The van der Waals surface area contributed by atoms with Crippen LogP contribution in [0.1, 0.15) is 39.8 Å². The molecule has 0 unspecified atom stereocenters. The van der Waals surface area contributed by atoms with Crippen LogP contribution in [0.15, 0.2) is 54.6 Å². The molecule has 0 aliphatic carbocycles. The lowest BCUT2D eigenvalue weighted by atomic mass is 10.1. The second kappa shape index (κ2) is 8.74. The SMILES string of the molecule is Cc1ccc(OC[C@@H](C)NC(=O)c2ccc(Cn3nc(C)cc3C)cc2)cc1. The molecule has 1 N–H and O–H groups in total. The number of nitrogens with one attached hydrogen (secondary N) is 1. The summed E-state index contributed by atoms with van der Waals surface area (Å²) in [5.41, 5.74) is 5.07.